The Morgan fingerprint density at radius 1 is 1.39 bits per heavy atom. The number of hydrogen-bond acceptors (Lipinski definition) is 3. The molecule has 1 rings (SSSR count). The van der Waals surface area contributed by atoms with E-state index in [-0.39, 0.29) is 0 Å². The van der Waals surface area contributed by atoms with Crippen LogP contribution in [0.15, 0.2) is 23.1 Å². The first-order chi connectivity index (χ1) is 8.18. The van der Waals surface area contributed by atoms with E-state index in [4.69, 9.17) is 17.3 Å². The lowest BCUT2D eigenvalue weighted by atomic mass is 10.3. The van der Waals surface area contributed by atoms with Crippen molar-refractivity contribution >= 4 is 21.6 Å². The van der Waals surface area contributed by atoms with Gasteiger partial charge in [-0.15, -0.1) is 0 Å². The maximum absolute atomic E-state index is 12.8. The molecule has 0 spiro atoms. The van der Waals surface area contributed by atoms with Crippen LogP contribution in [0.2, 0.25) is 5.02 Å². The highest BCUT2D eigenvalue weighted by molar-refractivity contribution is 7.89. The van der Waals surface area contributed by atoms with Gasteiger partial charge in [0, 0.05) is 0 Å². The van der Waals surface area contributed by atoms with Crippen molar-refractivity contribution in [2.24, 2.45) is 5.73 Å². The molecule has 0 saturated heterocycles. The Morgan fingerprint density at radius 2 is 2.00 bits per heavy atom. The lowest BCUT2D eigenvalue weighted by Crippen LogP contribution is -2.41. The van der Waals surface area contributed by atoms with E-state index in [0.717, 1.165) is 18.2 Å². The molecule has 9 heteroatoms. The van der Waals surface area contributed by atoms with Crippen molar-refractivity contribution < 1.29 is 21.6 Å². The number of halogens is 4. The Kier molecular flexibility index (Phi) is 4.60. The first-order valence-corrected chi connectivity index (χ1v) is 6.57. The van der Waals surface area contributed by atoms with Gasteiger partial charge in [0.25, 0.3) is 5.92 Å². The Balaban J connectivity index is 2.90. The molecule has 0 bridgehead atoms. The molecular formula is C9H10ClF3N2O2S. The number of rotatable bonds is 5. The summed E-state index contributed by atoms with van der Waals surface area (Å²) in [5, 5.41) is -0.413. The van der Waals surface area contributed by atoms with E-state index in [9.17, 15) is 21.6 Å². The Bertz CT molecular complexity index is 537. The topological polar surface area (TPSA) is 72.2 Å². The molecule has 0 fully saturated rings. The summed E-state index contributed by atoms with van der Waals surface area (Å²) in [5.41, 5.74) is 4.76. The minimum Gasteiger partial charge on any atom is -0.325 e. The second-order valence-corrected chi connectivity index (χ2v) is 5.63. The van der Waals surface area contributed by atoms with E-state index in [1.165, 1.54) is 0 Å². The van der Waals surface area contributed by atoms with E-state index >= 15 is 0 Å². The molecule has 1 aromatic rings. The summed E-state index contributed by atoms with van der Waals surface area (Å²) < 4.78 is 63.3. The monoisotopic (exact) mass is 302 g/mol. The average Bonchev–Trinajstić information content (AvgIpc) is 2.30. The number of nitrogens with one attached hydrogen (secondary N) is 1. The van der Waals surface area contributed by atoms with Crippen LogP contribution in [0.3, 0.4) is 0 Å². The predicted octanol–water partition coefficient (Wildman–Crippen LogP) is 1.35. The first-order valence-electron chi connectivity index (χ1n) is 4.70. The van der Waals surface area contributed by atoms with Gasteiger partial charge in [0.15, 0.2) is 0 Å². The van der Waals surface area contributed by atoms with E-state index in [1.54, 1.807) is 4.72 Å². The van der Waals surface area contributed by atoms with Gasteiger partial charge in [0.1, 0.15) is 5.82 Å². The van der Waals surface area contributed by atoms with Crippen LogP contribution in [0.4, 0.5) is 13.2 Å². The summed E-state index contributed by atoms with van der Waals surface area (Å²) in [6.07, 6.45) is 0. The van der Waals surface area contributed by atoms with Crippen LogP contribution in [-0.2, 0) is 10.0 Å². The van der Waals surface area contributed by atoms with Crippen molar-refractivity contribution in [3.63, 3.8) is 0 Å². The molecule has 0 aliphatic rings. The van der Waals surface area contributed by atoms with Crippen LogP contribution >= 0.6 is 11.6 Å². The third-order valence-corrected chi connectivity index (χ3v) is 3.71. The summed E-state index contributed by atoms with van der Waals surface area (Å²) in [7, 11) is -4.18. The number of hydrogen-bond donors (Lipinski definition) is 2. The van der Waals surface area contributed by atoms with E-state index in [1.807, 2.05) is 0 Å². The Morgan fingerprint density at radius 3 is 2.50 bits per heavy atom. The van der Waals surface area contributed by atoms with Gasteiger partial charge in [-0.05, 0) is 18.2 Å². The van der Waals surface area contributed by atoms with Crippen molar-refractivity contribution in [2.75, 3.05) is 13.1 Å². The second kappa shape index (κ2) is 5.43. The molecule has 18 heavy (non-hydrogen) atoms. The zero-order chi connectivity index (χ0) is 14.0. The smallest absolute Gasteiger partial charge is 0.273 e. The summed E-state index contributed by atoms with van der Waals surface area (Å²) in [6.45, 7) is -2.12. The molecule has 0 heterocycles. The Hall–Kier alpha value is -0.830. The van der Waals surface area contributed by atoms with Gasteiger partial charge in [-0.3, -0.25) is 0 Å². The molecule has 1 aromatic carbocycles. The number of alkyl halides is 2. The largest absolute Gasteiger partial charge is 0.325 e. The molecular weight excluding hydrogens is 293 g/mol. The van der Waals surface area contributed by atoms with E-state index in [0.29, 0.717) is 0 Å². The fourth-order valence-corrected chi connectivity index (χ4v) is 2.33. The lowest BCUT2D eigenvalue weighted by molar-refractivity contribution is 0.0170. The van der Waals surface area contributed by atoms with Crippen LogP contribution < -0.4 is 10.5 Å². The van der Waals surface area contributed by atoms with Gasteiger partial charge in [0.2, 0.25) is 10.0 Å². The third-order valence-electron chi connectivity index (χ3n) is 2.02. The van der Waals surface area contributed by atoms with Crippen LogP contribution in [0.5, 0.6) is 0 Å². The fraction of sp³-hybridized carbons (Fsp3) is 0.333. The van der Waals surface area contributed by atoms with Crippen molar-refractivity contribution in [2.45, 2.75) is 10.8 Å². The van der Waals surface area contributed by atoms with Gasteiger partial charge in [-0.1, -0.05) is 11.6 Å². The molecule has 4 nitrogen and oxygen atoms in total. The van der Waals surface area contributed by atoms with Crippen molar-refractivity contribution in [1.29, 1.82) is 0 Å². The maximum atomic E-state index is 12.8. The van der Waals surface area contributed by atoms with Crippen molar-refractivity contribution in [3.05, 3.63) is 29.0 Å². The summed E-state index contributed by atoms with van der Waals surface area (Å²) in [5.74, 6) is -4.15. The van der Waals surface area contributed by atoms with Crippen LogP contribution in [0.25, 0.3) is 0 Å². The Labute approximate surface area is 107 Å². The van der Waals surface area contributed by atoms with Crippen LogP contribution in [0.1, 0.15) is 0 Å². The summed E-state index contributed by atoms with van der Waals surface area (Å²) in [6, 6.07) is 2.59. The first kappa shape index (κ1) is 15.2. The highest BCUT2D eigenvalue weighted by Gasteiger charge is 2.29. The van der Waals surface area contributed by atoms with Gasteiger partial charge >= 0.3 is 0 Å². The second-order valence-electron chi connectivity index (χ2n) is 3.46. The molecule has 0 amide bonds. The van der Waals surface area contributed by atoms with Gasteiger partial charge < -0.3 is 5.73 Å². The van der Waals surface area contributed by atoms with Crippen LogP contribution in [0, 0.1) is 5.82 Å². The van der Waals surface area contributed by atoms with E-state index < -0.39 is 44.8 Å². The predicted molar refractivity (Wildman–Crippen MR) is 60.6 cm³/mol. The molecule has 0 radical (unpaired) electrons. The molecule has 0 aromatic heterocycles. The third kappa shape index (κ3) is 3.84. The minimum absolute atomic E-state index is 0.401. The summed E-state index contributed by atoms with van der Waals surface area (Å²) >= 11 is 5.40. The maximum Gasteiger partial charge on any atom is 0.273 e. The minimum atomic E-state index is -4.18. The van der Waals surface area contributed by atoms with Crippen molar-refractivity contribution in [1.82, 2.24) is 4.72 Å². The molecule has 0 aliphatic heterocycles. The number of nitrogens with two attached hydrogens (primary N) is 1. The molecule has 0 atom stereocenters. The van der Waals surface area contributed by atoms with Gasteiger partial charge in [-0.2, -0.15) is 0 Å². The molecule has 0 aliphatic carbocycles. The van der Waals surface area contributed by atoms with Gasteiger partial charge in [0.05, 0.1) is 23.0 Å². The van der Waals surface area contributed by atoms with Crippen LogP contribution in [-0.4, -0.2) is 27.4 Å². The van der Waals surface area contributed by atoms with Crippen molar-refractivity contribution in [3.8, 4) is 0 Å². The summed E-state index contributed by atoms with van der Waals surface area (Å²) in [4.78, 5) is -0.401. The van der Waals surface area contributed by atoms with Gasteiger partial charge in [-0.25, -0.2) is 26.3 Å². The zero-order valence-electron chi connectivity index (χ0n) is 8.96. The zero-order valence-corrected chi connectivity index (χ0v) is 10.5. The number of benzene rings is 1. The normalized spacial score (nSPS) is 12.7. The standard InChI is InChI=1S/C9H10ClF3N2O2S/c10-7-3-6(1-2-8(7)11)18(16,17)15-5-9(12,13)4-14/h1-3,15H,4-5,14H2. The molecule has 0 saturated carbocycles. The average molecular weight is 303 g/mol. The molecule has 102 valence electrons. The fourth-order valence-electron chi connectivity index (χ4n) is 1.00. The lowest BCUT2D eigenvalue weighted by Gasteiger charge is -2.14. The molecule has 0 unspecified atom stereocenters. The highest BCUT2D eigenvalue weighted by Crippen LogP contribution is 2.20. The quantitative estimate of drug-likeness (QED) is 0.862. The highest BCUT2D eigenvalue weighted by atomic mass is 35.5. The van der Waals surface area contributed by atoms with E-state index in [2.05, 4.69) is 0 Å². The molecule has 3 N–H and O–H groups in total. The number of sulfonamides is 1. The SMILES string of the molecule is NCC(F)(F)CNS(=O)(=O)c1ccc(F)c(Cl)c1.